The number of halogens is 6. The van der Waals surface area contributed by atoms with Crippen molar-refractivity contribution < 1.29 is 26.3 Å². The van der Waals surface area contributed by atoms with E-state index < -0.39 is 30.7 Å². The van der Waals surface area contributed by atoms with Gasteiger partial charge >= 0.3 is 12.4 Å². The van der Waals surface area contributed by atoms with Gasteiger partial charge in [0.15, 0.2) is 5.92 Å². The van der Waals surface area contributed by atoms with E-state index in [1.54, 1.807) is 6.92 Å². The van der Waals surface area contributed by atoms with Crippen molar-refractivity contribution in [1.29, 1.82) is 0 Å². The number of aryl methyl sites for hydroxylation is 1. The number of aromatic nitrogens is 2. The molecule has 0 aliphatic heterocycles. The molecule has 1 unspecified atom stereocenters. The molecule has 0 radical (unpaired) electrons. The van der Waals surface area contributed by atoms with E-state index in [0.717, 1.165) is 7.05 Å². The average molecular weight is 303 g/mol. The van der Waals surface area contributed by atoms with Crippen molar-refractivity contribution >= 4 is 0 Å². The minimum Gasteiger partial charge on any atom is -0.316 e. The lowest BCUT2D eigenvalue weighted by molar-refractivity contribution is -0.291. The lowest BCUT2D eigenvalue weighted by atomic mass is 9.93. The Balaban J connectivity index is 2.96. The van der Waals surface area contributed by atoms with Crippen LogP contribution >= 0.6 is 0 Å². The Labute approximate surface area is 112 Å². The predicted molar refractivity (Wildman–Crippen MR) is 60.1 cm³/mol. The van der Waals surface area contributed by atoms with Crippen molar-refractivity contribution in [2.24, 2.45) is 5.92 Å². The van der Waals surface area contributed by atoms with Crippen LogP contribution in [0.2, 0.25) is 0 Å². The van der Waals surface area contributed by atoms with Gasteiger partial charge in [-0.05, 0) is 26.0 Å². The highest BCUT2D eigenvalue weighted by molar-refractivity contribution is 5.08. The summed E-state index contributed by atoms with van der Waals surface area (Å²) in [4.78, 5) is 0. The molecule has 0 aliphatic carbocycles. The molecule has 9 heteroatoms. The van der Waals surface area contributed by atoms with Crippen LogP contribution in [0.3, 0.4) is 0 Å². The lowest BCUT2D eigenvalue weighted by Crippen LogP contribution is -2.51. The van der Waals surface area contributed by atoms with E-state index in [-0.39, 0.29) is 0 Å². The SMILES string of the molecule is CCn1cc(CC(NC)C(C(F)(F)F)C(F)(F)F)cn1. The van der Waals surface area contributed by atoms with Gasteiger partial charge in [0, 0.05) is 18.8 Å². The number of nitrogens with one attached hydrogen (secondary N) is 1. The van der Waals surface area contributed by atoms with E-state index in [2.05, 4.69) is 10.4 Å². The first-order chi connectivity index (χ1) is 9.09. The van der Waals surface area contributed by atoms with Gasteiger partial charge in [0.2, 0.25) is 0 Å². The van der Waals surface area contributed by atoms with Crippen molar-refractivity contribution in [3.8, 4) is 0 Å². The third-order valence-electron chi connectivity index (χ3n) is 2.94. The summed E-state index contributed by atoms with van der Waals surface area (Å²) in [6.07, 6.45) is -8.40. The third-order valence-corrected chi connectivity index (χ3v) is 2.94. The van der Waals surface area contributed by atoms with Crippen LogP contribution in [0.4, 0.5) is 26.3 Å². The zero-order valence-corrected chi connectivity index (χ0v) is 10.9. The molecule has 1 heterocycles. The van der Waals surface area contributed by atoms with Crippen LogP contribution in [0.1, 0.15) is 12.5 Å². The van der Waals surface area contributed by atoms with E-state index >= 15 is 0 Å². The molecule has 1 N–H and O–H groups in total. The number of nitrogens with zero attached hydrogens (tertiary/aromatic N) is 2. The van der Waals surface area contributed by atoms with Crippen molar-refractivity contribution in [2.75, 3.05) is 7.05 Å². The summed E-state index contributed by atoms with van der Waals surface area (Å²) in [7, 11) is 1.08. The average Bonchev–Trinajstić information content (AvgIpc) is 2.72. The summed E-state index contributed by atoms with van der Waals surface area (Å²) in [5.74, 6) is -3.41. The molecule has 1 aromatic heterocycles. The Kier molecular flexibility index (Phi) is 5.06. The van der Waals surface area contributed by atoms with Gasteiger partial charge in [-0.1, -0.05) is 0 Å². The summed E-state index contributed by atoms with van der Waals surface area (Å²) in [6, 6.07) is -1.79. The molecule has 0 spiro atoms. The predicted octanol–water partition coefficient (Wildman–Crippen LogP) is 2.77. The Bertz CT molecular complexity index is 409. The molecule has 3 nitrogen and oxygen atoms in total. The highest BCUT2D eigenvalue weighted by Crippen LogP contribution is 2.42. The highest BCUT2D eigenvalue weighted by Gasteiger charge is 2.59. The zero-order valence-electron chi connectivity index (χ0n) is 10.9. The highest BCUT2D eigenvalue weighted by atomic mass is 19.4. The van der Waals surface area contributed by atoms with Crippen molar-refractivity contribution in [3.05, 3.63) is 18.0 Å². The summed E-state index contributed by atoms with van der Waals surface area (Å²) in [5.41, 5.74) is 0.324. The molecule has 0 aromatic carbocycles. The van der Waals surface area contributed by atoms with Gasteiger partial charge in [-0.15, -0.1) is 0 Å². The second kappa shape index (κ2) is 6.02. The largest absolute Gasteiger partial charge is 0.402 e. The molecule has 1 rings (SSSR count). The number of alkyl halides is 6. The van der Waals surface area contributed by atoms with Crippen LogP contribution in [-0.4, -0.2) is 35.2 Å². The summed E-state index contributed by atoms with van der Waals surface area (Å²) in [6.45, 7) is 2.26. The fourth-order valence-electron chi connectivity index (χ4n) is 1.97. The zero-order chi connectivity index (χ0) is 15.6. The molecule has 0 saturated carbocycles. The van der Waals surface area contributed by atoms with Gasteiger partial charge in [0.1, 0.15) is 0 Å². The summed E-state index contributed by atoms with van der Waals surface area (Å²) < 4.78 is 77.3. The maximum absolute atomic E-state index is 12.6. The Morgan fingerprint density at radius 2 is 1.75 bits per heavy atom. The minimum atomic E-state index is -5.35. The fraction of sp³-hybridized carbons (Fsp3) is 0.727. The van der Waals surface area contributed by atoms with Crippen molar-refractivity contribution in [3.63, 3.8) is 0 Å². The molecule has 0 fully saturated rings. The van der Waals surface area contributed by atoms with E-state index in [9.17, 15) is 26.3 Å². The molecular weight excluding hydrogens is 288 g/mol. The Hall–Kier alpha value is -1.25. The maximum atomic E-state index is 12.6. The standard InChI is InChI=1S/C11H15F6N3/c1-3-20-6-7(5-19-20)4-8(18-2)9(10(12,13)14)11(15,16)17/h5-6,8-9,18H,3-4H2,1-2H3. The molecule has 1 atom stereocenters. The topological polar surface area (TPSA) is 29.9 Å². The third kappa shape index (κ3) is 4.12. The minimum absolute atomic E-state index is 0.324. The van der Waals surface area contributed by atoms with Crippen LogP contribution in [0.5, 0.6) is 0 Å². The van der Waals surface area contributed by atoms with Crippen molar-refractivity contribution in [1.82, 2.24) is 15.1 Å². The summed E-state index contributed by atoms with van der Waals surface area (Å²) in [5, 5.41) is 5.95. The smallest absolute Gasteiger partial charge is 0.316 e. The normalized spacial score (nSPS) is 14.8. The molecule has 116 valence electrons. The van der Waals surface area contributed by atoms with Crippen molar-refractivity contribution in [2.45, 2.75) is 38.3 Å². The monoisotopic (exact) mass is 303 g/mol. The Morgan fingerprint density at radius 3 is 2.10 bits per heavy atom. The molecule has 0 bridgehead atoms. The van der Waals surface area contributed by atoms with E-state index in [4.69, 9.17) is 0 Å². The van der Waals surface area contributed by atoms with Crippen LogP contribution in [0.25, 0.3) is 0 Å². The molecule has 0 amide bonds. The molecule has 1 aromatic rings. The van der Waals surface area contributed by atoms with E-state index in [0.29, 0.717) is 12.1 Å². The lowest BCUT2D eigenvalue weighted by Gasteiger charge is -2.30. The van der Waals surface area contributed by atoms with E-state index in [1.807, 2.05) is 0 Å². The van der Waals surface area contributed by atoms with Crippen LogP contribution < -0.4 is 5.32 Å². The molecular formula is C11H15F6N3. The van der Waals surface area contributed by atoms with E-state index in [1.165, 1.54) is 17.1 Å². The quantitative estimate of drug-likeness (QED) is 0.848. The van der Waals surface area contributed by atoms with Crippen LogP contribution in [0, 0.1) is 5.92 Å². The van der Waals surface area contributed by atoms with Gasteiger partial charge in [-0.25, -0.2) is 0 Å². The second-order valence-electron chi connectivity index (χ2n) is 4.36. The van der Waals surface area contributed by atoms with Gasteiger partial charge in [0.05, 0.1) is 6.20 Å². The Morgan fingerprint density at radius 1 is 1.20 bits per heavy atom. The maximum Gasteiger partial charge on any atom is 0.402 e. The van der Waals surface area contributed by atoms with Crippen LogP contribution in [-0.2, 0) is 13.0 Å². The number of rotatable bonds is 5. The fourth-order valence-corrected chi connectivity index (χ4v) is 1.97. The van der Waals surface area contributed by atoms with Crippen LogP contribution in [0.15, 0.2) is 12.4 Å². The number of likely N-dealkylation sites (N-methyl/N-ethyl adjacent to an activating group) is 1. The number of hydrogen-bond donors (Lipinski definition) is 1. The first-order valence-corrected chi connectivity index (χ1v) is 5.91. The summed E-state index contributed by atoms with van der Waals surface area (Å²) >= 11 is 0. The molecule has 0 saturated heterocycles. The first-order valence-electron chi connectivity index (χ1n) is 5.91. The number of hydrogen-bond acceptors (Lipinski definition) is 2. The first kappa shape index (κ1) is 16.8. The van der Waals surface area contributed by atoms with Gasteiger partial charge in [0.25, 0.3) is 0 Å². The van der Waals surface area contributed by atoms with Gasteiger partial charge in [-0.2, -0.15) is 31.4 Å². The molecule has 20 heavy (non-hydrogen) atoms. The van der Waals surface area contributed by atoms with Gasteiger partial charge in [-0.3, -0.25) is 4.68 Å². The van der Waals surface area contributed by atoms with Gasteiger partial charge < -0.3 is 5.32 Å². The molecule has 0 aliphatic rings. The second-order valence-corrected chi connectivity index (χ2v) is 4.36.